The summed E-state index contributed by atoms with van der Waals surface area (Å²) in [5.74, 6) is 0.0357. The Balaban J connectivity index is 2.13. The van der Waals surface area contributed by atoms with Crippen molar-refractivity contribution in [2.75, 3.05) is 7.11 Å². The number of aromatic nitrogens is 4. The van der Waals surface area contributed by atoms with Crippen molar-refractivity contribution in [3.63, 3.8) is 0 Å². The van der Waals surface area contributed by atoms with Crippen LogP contribution in [-0.4, -0.2) is 32.7 Å². The average Bonchev–Trinajstić information content (AvgIpc) is 3.26. The highest BCUT2D eigenvalue weighted by atomic mass is 16.5. The second-order valence-corrected chi connectivity index (χ2v) is 5.85. The van der Waals surface area contributed by atoms with Crippen LogP contribution in [0.4, 0.5) is 0 Å². The van der Waals surface area contributed by atoms with Crippen LogP contribution >= 0.6 is 0 Å². The third-order valence-corrected chi connectivity index (χ3v) is 4.08. The lowest BCUT2D eigenvalue weighted by atomic mass is 10.1. The van der Waals surface area contributed by atoms with Gasteiger partial charge in [0.25, 0.3) is 0 Å². The number of rotatable bonds is 2. The number of pyridine rings is 1. The van der Waals surface area contributed by atoms with E-state index in [2.05, 4.69) is 10.1 Å². The first-order valence-electron chi connectivity index (χ1n) is 7.34. The standard InChI is InChI=1S/C16H16N4O2/c1-8-6-9(2)17-14-13(8)15-18-11(10-4-5-10)7-12(16(21)22-3)20(15)19-14/h6-7,10H,4-5H2,1-3H3. The molecule has 0 saturated heterocycles. The van der Waals surface area contributed by atoms with Crippen molar-refractivity contribution in [1.82, 2.24) is 19.6 Å². The minimum absolute atomic E-state index is 0.406. The molecule has 112 valence electrons. The van der Waals surface area contributed by atoms with Crippen LogP contribution in [0, 0.1) is 13.8 Å². The molecular weight excluding hydrogens is 280 g/mol. The van der Waals surface area contributed by atoms with Crippen molar-refractivity contribution in [3.05, 3.63) is 34.8 Å². The average molecular weight is 296 g/mol. The quantitative estimate of drug-likeness (QED) is 0.680. The monoisotopic (exact) mass is 296 g/mol. The fourth-order valence-corrected chi connectivity index (χ4v) is 2.88. The van der Waals surface area contributed by atoms with E-state index in [0.717, 1.165) is 35.2 Å². The molecule has 0 bridgehead atoms. The number of carbonyl (C=O) groups is 1. The van der Waals surface area contributed by atoms with Gasteiger partial charge in [0.15, 0.2) is 17.0 Å². The van der Waals surface area contributed by atoms with Crippen molar-refractivity contribution >= 4 is 22.6 Å². The lowest BCUT2D eigenvalue weighted by molar-refractivity contribution is 0.0590. The Hall–Kier alpha value is -2.50. The van der Waals surface area contributed by atoms with Gasteiger partial charge in [-0.25, -0.2) is 19.3 Å². The normalized spacial score (nSPS) is 14.7. The molecule has 1 aliphatic carbocycles. The number of nitrogens with zero attached hydrogens (tertiary/aromatic N) is 4. The molecule has 3 aromatic rings. The zero-order valence-electron chi connectivity index (χ0n) is 12.8. The van der Waals surface area contributed by atoms with Crippen molar-refractivity contribution in [1.29, 1.82) is 0 Å². The minimum Gasteiger partial charge on any atom is -0.464 e. The van der Waals surface area contributed by atoms with E-state index in [4.69, 9.17) is 9.72 Å². The molecule has 6 nitrogen and oxygen atoms in total. The van der Waals surface area contributed by atoms with Gasteiger partial charge >= 0.3 is 5.97 Å². The van der Waals surface area contributed by atoms with Gasteiger partial charge in [-0.2, -0.15) is 0 Å². The van der Waals surface area contributed by atoms with Gasteiger partial charge in [-0.15, -0.1) is 5.10 Å². The highest BCUT2D eigenvalue weighted by molar-refractivity contribution is 5.96. The maximum atomic E-state index is 12.1. The molecule has 3 aromatic heterocycles. The van der Waals surface area contributed by atoms with E-state index >= 15 is 0 Å². The van der Waals surface area contributed by atoms with E-state index in [1.807, 2.05) is 19.9 Å². The van der Waals surface area contributed by atoms with Crippen LogP contribution in [0.15, 0.2) is 12.1 Å². The molecule has 1 saturated carbocycles. The van der Waals surface area contributed by atoms with Crippen LogP contribution in [0.1, 0.15) is 46.2 Å². The minimum atomic E-state index is -0.406. The van der Waals surface area contributed by atoms with Gasteiger partial charge in [0.2, 0.25) is 0 Å². The Labute approximate surface area is 127 Å². The lowest BCUT2D eigenvalue weighted by Gasteiger charge is -2.06. The Morgan fingerprint density at radius 3 is 2.73 bits per heavy atom. The smallest absolute Gasteiger partial charge is 0.356 e. The van der Waals surface area contributed by atoms with Crippen molar-refractivity contribution < 1.29 is 9.53 Å². The Morgan fingerprint density at radius 2 is 2.05 bits per heavy atom. The van der Waals surface area contributed by atoms with Crippen LogP contribution in [0.25, 0.3) is 16.7 Å². The molecule has 0 radical (unpaired) electrons. The van der Waals surface area contributed by atoms with Gasteiger partial charge in [-0.05, 0) is 44.4 Å². The predicted octanol–water partition coefficient (Wildman–Crippen LogP) is 2.56. The van der Waals surface area contributed by atoms with E-state index in [1.165, 1.54) is 7.11 Å². The molecular formula is C16H16N4O2. The topological polar surface area (TPSA) is 69.4 Å². The second kappa shape index (κ2) is 4.50. The number of carbonyl (C=O) groups excluding carboxylic acids is 1. The summed E-state index contributed by atoms with van der Waals surface area (Å²) in [7, 11) is 1.38. The van der Waals surface area contributed by atoms with E-state index in [-0.39, 0.29) is 0 Å². The van der Waals surface area contributed by atoms with Crippen molar-refractivity contribution in [2.24, 2.45) is 0 Å². The number of hydrogen-bond acceptors (Lipinski definition) is 5. The zero-order valence-corrected chi connectivity index (χ0v) is 12.8. The number of esters is 1. The molecule has 1 fully saturated rings. The second-order valence-electron chi connectivity index (χ2n) is 5.85. The fraction of sp³-hybridized carbons (Fsp3) is 0.375. The summed E-state index contributed by atoms with van der Waals surface area (Å²) in [4.78, 5) is 21.3. The first-order valence-corrected chi connectivity index (χ1v) is 7.34. The zero-order chi connectivity index (χ0) is 15.4. The number of methoxy groups -OCH3 is 1. The highest BCUT2D eigenvalue weighted by Crippen LogP contribution is 2.40. The van der Waals surface area contributed by atoms with Crippen LogP contribution in [-0.2, 0) is 4.74 Å². The molecule has 0 aliphatic heterocycles. The SMILES string of the molecule is COC(=O)c1cc(C2CC2)nc2c3c(C)cc(C)nc3nn12. The first kappa shape index (κ1) is 13.2. The molecule has 0 atom stereocenters. The lowest BCUT2D eigenvalue weighted by Crippen LogP contribution is -2.11. The third kappa shape index (κ3) is 1.87. The molecule has 3 heterocycles. The van der Waals surface area contributed by atoms with Crippen molar-refractivity contribution in [2.45, 2.75) is 32.6 Å². The number of aryl methyl sites for hydroxylation is 2. The van der Waals surface area contributed by atoms with Crippen LogP contribution in [0.5, 0.6) is 0 Å². The largest absolute Gasteiger partial charge is 0.464 e. The van der Waals surface area contributed by atoms with Gasteiger partial charge < -0.3 is 4.74 Å². The van der Waals surface area contributed by atoms with Crippen LogP contribution in [0.3, 0.4) is 0 Å². The molecule has 6 heteroatoms. The van der Waals surface area contributed by atoms with E-state index in [1.54, 1.807) is 10.6 Å². The summed E-state index contributed by atoms with van der Waals surface area (Å²) < 4.78 is 6.46. The molecule has 22 heavy (non-hydrogen) atoms. The number of hydrogen-bond donors (Lipinski definition) is 0. The van der Waals surface area contributed by atoms with E-state index < -0.39 is 5.97 Å². The fourth-order valence-electron chi connectivity index (χ4n) is 2.88. The van der Waals surface area contributed by atoms with Gasteiger partial charge in [0.05, 0.1) is 12.5 Å². The molecule has 0 aromatic carbocycles. The molecule has 4 rings (SSSR count). The first-order chi connectivity index (χ1) is 10.6. The van der Waals surface area contributed by atoms with Crippen LogP contribution < -0.4 is 0 Å². The number of ether oxygens (including phenoxy) is 1. The number of fused-ring (bicyclic) bond motifs is 3. The van der Waals surface area contributed by atoms with Crippen LogP contribution in [0.2, 0.25) is 0 Å². The molecule has 0 spiro atoms. The summed E-state index contributed by atoms with van der Waals surface area (Å²) in [6.45, 7) is 3.95. The van der Waals surface area contributed by atoms with Gasteiger partial charge in [0, 0.05) is 17.3 Å². The molecule has 0 amide bonds. The Morgan fingerprint density at radius 1 is 1.27 bits per heavy atom. The van der Waals surface area contributed by atoms with E-state index in [9.17, 15) is 4.79 Å². The Kier molecular flexibility index (Phi) is 2.69. The summed E-state index contributed by atoms with van der Waals surface area (Å²) >= 11 is 0. The highest BCUT2D eigenvalue weighted by Gasteiger charge is 2.28. The van der Waals surface area contributed by atoms with Gasteiger partial charge in [-0.3, -0.25) is 0 Å². The molecule has 0 N–H and O–H groups in total. The predicted molar refractivity (Wildman–Crippen MR) is 81.1 cm³/mol. The summed E-state index contributed by atoms with van der Waals surface area (Å²) in [6.07, 6.45) is 2.23. The maximum absolute atomic E-state index is 12.1. The van der Waals surface area contributed by atoms with Crippen molar-refractivity contribution in [3.8, 4) is 0 Å². The van der Waals surface area contributed by atoms with Gasteiger partial charge in [-0.1, -0.05) is 0 Å². The molecule has 1 aliphatic rings. The van der Waals surface area contributed by atoms with E-state index in [0.29, 0.717) is 22.9 Å². The third-order valence-electron chi connectivity index (χ3n) is 4.08. The Bertz CT molecular complexity index is 925. The molecule has 0 unspecified atom stereocenters. The summed E-state index contributed by atoms with van der Waals surface area (Å²) in [5.41, 5.74) is 4.61. The van der Waals surface area contributed by atoms with Gasteiger partial charge in [0.1, 0.15) is 0 Å². The summed E-state index contributed by atoms with van der Waals surface area (Å²) in [5, 5.41) is 5.37. The maximum Gasteiger partial charge on any atom is 0.356 e. The summed E-state index contributed by atoms with van der Waals surface area (Å²) in [6, 6.07) is 3.80.